The number of fused-ring (bicyclic) bond motifs is 2. The average Bonchev–Trinajstić information content (AvgIpc) is 3.07. The van der Waals surface area contributed by atoms with Crippen molar-refractivity contribution in [1.29, 1.82) is 0 Å². The Morgan fingerprint density at radius 3 is 2.46 bits per heavy atom. The quantitative estimate of drug-likeness (QED) is 0.211. The Hall–Kier alpha value is -5.44. The number of hydrogen-bond donors (Lipinski definition) is 2. The number of anilines is 1. The fraction of sp³-hybridized carbons (Fsp3) is 0.257. The summed E-state index contributed by atoms with van der Waals surface area (Å²) in [7, 11) is 1.56. The smallest absolute Gasteiger partial charge is 0.411 e. The number of amides is 1. The van der Waals surface area contributed by atoms with E-state index < -0.39 is 71.9 Å². The molecule has 0 aliphatic carbocycles. The van der Waals surface area contributed by atoms with Gasteiger partial charge in [0.2, 0.25) is 0 Å². The number of morpholine rings is 1. The van der Waals surface area contributed by atoms with Crippen LogP contribution >= 0.6 is 0 Å². The van der Waals surface area contributed by atoms with Gasteiger partial charge in [0.25, 0.3) is 11.5 Å². The SMILES string of the molecule is Cc1c(-c2ccc(C[C@H](NC(=O)c3c(F)cc(N4CCOC[C@@H]4C(F)(F)F)cc3F)C(=O)O)c3ncccc23)c(=O)n(C)c2ccc(F)cc12. The molecule has 1 amide bonds. The molecule has 0 unspecified atom stereocenters. The van der Waals surface area contributed by atoms with Gasteiger partial charge in [0.15, 0.2) is 0 Å². The lowest BCUT2D eigenvalue weighted by Gasteiger charge is -2.38. The van der Waals surface area contributed by atoms with Gasteiger partial charge in [-0.25, -0.2) is 18.0 Å². The number of hydrogen-bond acceptors (Lipinski definition) is 6. The molecule has 2 atom stereocenters. The molecule has 1 saturated heterocycles. The van der Waals surface area contributed by atoms with E-state index in [1.165, 1.54) is 35.0 Å². The van der Waals surface area contributed by atoms with Crippen LogP contribution in [0.1, 0.15) is 21.5 Å². The molecule has 0 radical (unpaired) electrons. The van der Waals surface area contributed by atoms with E-state index >= 15 is 8.78 Å². The minimum atomic E-state index is -4.77. The summed E-state index contributed by atoms with van der Waals surface area (Å²) in [6.07, 6.45) is -3.73. The number of nitrogens with one attached hydrogen (secondary N) is 1. The van der Waals surface area contributed by atoms with Crippen molar-refractivity contribution >= 4 is 39.4 Å². The Morgan fingerprint density at radius 1 is 1.06 bits per heavy atom. The summed E-state index contributed by atoms with van der Waals surface area (Å²) in [5, 5.41) is 13.1. The molecule has 3 heterocycles. The minimum Gasteiger partial charge on any atom is -0.480 e. The number of carbonyl (C=O) groups is 2. The maximum atomic E-state index is 15.2. The van der Waals surface area contributed by atoms with Crippen LogP contribution in [0.25, 0.3) is 32.9 Å². The molecular weight excluding hydrogens is 670 g/mol. The van der Waals surface area contributed by atoms with Crippen LogP contribution in [0, 0.1) is 24.4 Å². The highest BCUT2D eigenvalue weighted by atomic mass is 19.4. The summed E-state index contributed by atoms with van der Waals surface area (Å²) < 4.78 is 91.5. The Bertz CT molecular complexity index is 2220. The van der Waals surface area contributed by atoms with Gasteiger partial charge in [0.05, 0.1) is 29.8 Å². The van der Waals surface area contributed by atoms with Crippen LogP contribution in [0.2, 0.25) is 0 Å². The van der Waals surface area contributed by atoms with Crippen LogP contribution in [0.3, 0.4) is 0 Å². The molecule has 5 aromatic rings. The number of carbonyl (C=O) groups excluding carboxylic acids is 1. The van der Waals surface area contributed by atoms with Gasteiger partial charge < -0.3 is 24.6 Å². The van der Waals surface area contributed by atoms with E-state index in [9.17, 15) is 37.1 Å². The standard InChI is InChI=1S/C35H28F6N4O5/c1-17-23-13-19(36)6-8-27(23)44(2)33(47)29(17)21-7-5-18(31-22(21)4-3-9-42-31)12-26(34(48)49)43-32(46)30-24(37)14-20(15-25(30)38)45-10-11-50-16-28(45)35(39,40)41/h3-9,13-15,26,28H,10-12,16H2,1-2H3,(H,43,46)(H,48,49)/t26-,28+/m0/s1. The molecule has 15 heteroatoms. The van der Waals surface area contributed by atoms with Crippen LogP contribution < -0.4 is 15.8 Å². The first-order valence-electron chi connectivity index (χ1n) is 15.3. The predicted molar refractivity (Wildman–Crippen MR) is 172 cm³/mol. The largest absolute Gasteiger partial charge is 0.480 e. The zero-order chi connectivity index (χ0) is 36.1. The van der Waals surface area contributed by atoms with Crippen LogP contribution in [-0.2, 0) is 23.0 Å². The van der Waals surface area contributed by atoms with Crippen molar-refractivity contribution in [2.75, 3.05) is 24.7 Å². The fourth-order valence-corrected chi connectivity index (χ4v) is 6.38. The molecule has 260 valence electrons. The number of benzene rings is 3. The average molecular weight is 699 g/mol. The molecule has 50 heavy (non-hydrogen) atoms. The number of halogens is 6. The topological polar surface area (TPSA) is 114 Å². The molecule has 3 aromatic carbocycles. The van der Waals surface area contributed by atoms with Crippen molar-refractivity contribution in [3.8, 4) is 11.1 Å². The summed E-state index contributed by atoms with van der Waals surface area (Å²) in [6, 6.07) is 7.70. The Morgan fingerprint density at radius 2 is 1.78 bits per heavy atom. The Kier molecular flexibility index (Phi) is 9.03. The lowest BCUT2D eigenvalue weighted by atomic mass is 9.92. The first-order valence-corrected chi connectivity index (χ1v) is 15.3. The molecular formula is C35H28F6N4O5. The monoisotopic (exact) mass is 698 g/mol. The van der Waals surface area contributed by atoms with E-state index in [4.69, 9.17) is 4.74 Å². The number of nitrogens with zero attached hydrogens (tertiary/aromatic N) is 3. The summed E-state index contributed by atoms with van der Waals surface area (Å²) in [5.74, 6) is -6.46. The van der Waals surface area contributed by atoms with Crippen molar-refractivity contribution in [2.24, 2.45) is 7.05 Å². The van der Waals surface area contributed by atoms with E-state index in [1.807, 2.05) is 0 Å². The molecule has 2 aromatic heterocycles. The number of rotatable bonds is 7. The number of carboxylic acid groups (broad SMARTS) is 1. The zero-order valence-electron chi connectivity index (χ0n) is 26.4. The Labute approximate surface area is 279 Å². The lowest BCUT2D eigenvalue weighted by Crippen LogP contribution is -2.53. The summed E-state index contributed by atoms with van der Waals surface area (Å²) in [4.78, 5) is 44.1. The molecule has 1 aliphatic heterocycles. The predicted octanol–water partition coefficient (Wildman–Crippen LogP) is 5.67. The number of aromatic nitrogens is 2. The van der Waals surface area contributed by atoms with Crippen molar-refractivity contribution in [2.45, 2.75) is 31.6 Å². The fourth-order valence-electron chi connectivity index (χ4n) is 6.38. The highest BCUT2D eigenvalue weighted by molar-refractivity contribution is 6.01. The number of aliphatic carboxylic acids is 1. The second-order valence-corrected chi connectivity index (χ2v) is 11.9. The van der Waals surface area contributed by atoms with Crippen molar-refractivity contribution < 1.29 is 45.8 Å². The molecule has 1 fully saturated rings. The number of alkyl halides is 3. The maximum Gasteiger partial charge on any atom is 0.411 e. The van der Waals surface area contributed by atoms with Gasteiger partial charge >= 0.3 is 12.1 Å². The Balaban J connectivity index is 1.32. The van der Waals surface area contributed by atoms with Crippen LogP contribution in [0.15, 0.2) is 65.6 Å². The van der Waals surface area contributed by atoms with Gasteiger partial charge in [-0.05, 0) is 60.0 Å². The zero-order valence-corrected chi connectivity index (χ0v) is 26.4. The molecule has 1 aliphatic rings. The van der Waals surface area contributed by atoms with E-state index in [-0.39, 0.29) is 29.8 Å². The highest BCUT2D eigenvalue weighted by Crippen LogP contribution is 2.35. The van der Waals surface area contributed by atoms with Gasteiger partial charge in [0, 0.05) is 42.7 Å². The van der Waals surface area contributed by atoms with Gasteiger partial charge in [-0.2, -0.15) is 13.2 Å². The summed E-state index contributed by atoms with van der Waals surface area (Å²) >= 11 is 0. The molecule has 0 bridgehead atoms. The second kappa shape index (κ2) is 13.1. The first kappa shape index (κ1) is 34.4. The summed E-state index contributed by atoms with van der Waals surface area (Å²) in [5.41, 5.74) is 0.316. The van der Waals surface area contributed by atoms with E-state index in [2.05, 4.69) is 10.3 Å². The maximum absolute atomic E-state index is 15.2. The van der Waals surface area contributed by atoms with Crippen LogP contribution in [0.5, 0.6) is 0 Å². The molecule has 2 N–H and O–H groups in total. The summed E-state index contributed by atoms with van der Waals surface area (Å²) in [6.45, 7) is 0.495. The molecule has 0 saturated carbocycles. The van der Waals surface area contributed by atoms with Crippen LogP contribution in [0.4, 0.5) is 32.0 Å². The minimum absolute atomic E-state index is 0.124. The van der Waals surface area contributed by atoms with Crippen molar-refractivity contribution in [3.63, 3.8) is 0 Å². The van der Waals surface area contributed by atoms with Gasteiger partial charge in [0.1, 0.15) is 35.1 Å². The van der Waals surface area contributed by atoms with Crippen molar-refractivity contribution in [3.05, 3.63) is 105 Å². The third kappa shape index (κ3) is 6.24. The lowest BCUT2D eigenvalue weighted by molar-refractivity contribution is -0.167. The number of pyridine rings is 2. The molecule has 9 nitrogen and oxygen atoms in total. The number of aryl methyl sites for hydroxylation is 2. The number of ether oxygens (including phenoxy) is 1. The third-order valence-electron chi connectivity index (χ3n) is 8.86. The third-order valence-corrected chi connectivity index (χ3v) is 8.86. The number of carboxylic acids is 1. The normalized spacial score (nSPS) is 15.8. The molecule has 6 rings (SSSR count). The van der Waals surface area contributed by atoms with Gasteiger partial charge in [-0.15, -0.1) is 0 Å². The van der Waals surface area contributed by atoms with E-state index in [0.29, 0.717) is 45.1 Å². The van der Waals surface area contributed by atoms with Crippen LogP contribution in [-0.4, -0.2) is 64.6 Å². The van der Waals surface area contributed by atoms with Crippen molar-refractivity contribution in [1.82, 2.24) is 14.9 Å². The molecule has 0 spiro atoms. The second-order valence-electron chi connectivity index (χ2n) is 11.9. The van der Waals surface area contributed by atoms with E-state index in [1.54, 1.807) is 32.2 Å². The van der Waals surface area contributed by atoms with E-state index in [0.717, 1.165) is 4.90 Å². The van der Waals surface area contributed by atoms with Gasteiger partial charge in [-0.3, -0.25) is 14.6 Å². The first-order chi connectivity index (χ1) is 23.7. The highest BCUT2D eigenvalue weighted by Gasteiger charge is 2.46. The van der Waals surface area contributed by atoms with Gasteiger partial charge in [-0.1, -0.05) is 18.2 Å².